The largest absolute Gasteiger partial charge is 0.345 e. The number of rotatable bonds is 4. The number of nitrogens with two attached hydrogens (primary N) is 1. The van der Waals surface area contributed by atoms with E-state index in [0.29, 0.717) is 6.54 Å². The van der Waals surface area contributed by atoms with Crippen molar-refractivity contribution in [3.05, 3.63) is 0 Å². The maximum atomic E-state index is 11.8. The zero-order chi connectivity index (χ0) is 8.97. The molecule has 2 unspecified atom stereocenters. The van der Waals surface area contributed by atoms with Gasteiger partial charge in [-0.05, 0) is 31.7 Å². The van der Waals surface area contributed by atoms with Crippen molar-refractivity contribution < 1.29 is 13.5 Å². The minimum absolute atomic E-state index is 0.254. The fraction of sp³-hybridized carbons (Fsp3) is 1.00. The van der Waals surface area contributed by atoms with Gasteiger partial charge in [-0.15, -0.1) is 0 Å². The highest BCUT2D eigenvalue weighted by molar-refractivity contribution is 4.78. The summed E-state index contributed by atoms with van der Waals surface area (Å²) >= 11 is 0. The molecule has 1 fully saturated rings. The van der Waals surface area contributed by atoms with E-state index in [2.05, 4.69) is 4.74 Å². The summed E-state index contributed by atoms with van der Waals surface area (Å²) in [6.07, 6.45) is 3.27. The van der Waals surface area contributed by atoms with Crippen LogP contribution in [0.3, 0.4) is 0 Å². The van der Waals surface area contributed by atoms with Gasteiger partial charge in [0.25, 0.3) is 0 Å². The summed E-state index contributed by atoms with van der Waals surface area (Å²) in [4.78, 5) is 0. The highest BCUT2D eigenvalue weighted by Gasteiger charge is 2.29. The topological polar surface area (TPSA) is 35.2 Å². The van der Waals surface area contributed by atoms with Crippen molar-refractivity contribution in [2.24, 2.45) is 11.7 Å². The third kappa shape index (κ3) is 2.68. The smallest absolute Gasteiger partial charge is 0.330 e. The number of ether oxygens (including phenoxy) is 1. The SMILES string of the molecule is NCCC1CCCC1OC(F)F. The van der Waals surface area contributed by atoms with Crippen LogP contribution in [0.4, 0.5) is 8.78 Å². The molecule has 1 aliphatic carbocycles. The molecule has 72 valence electrons. The fourth-order valence-corrected chi connectivity index (χ4v) is 1.86. The summed E-state index contributed by atoms with van der Waals surface area (Å²) in [7, 11) is 0. The Morgan fingerprint density at radius 3 is 2.75 bits per heavy atom. The van der Waals surface area contributed by atoms with E-state index in [4.69, 9.17) is 5.73 Å². The van der Waals surface area contributed by atoms with Crippen molar-refractivity contribution in [3.63, 3.8) is 0 Å². The van der Waals surface area contributed by atoms with Gasteiger partial charge in [-0.2, -0.15) is 8.78 Å². The molecule has 1 saturated carbocycles. The molecule has 0 saturated heterocycles. The van der Waals surface area contributed by atoms with Crippen LogP contribution in [-0.4, -0.2) is 19.3 Å². The highest BCUT2D eigenvalue weighted by atomic mass is 19.3. The van der Waals surface area contributed by atoms with Crippen molar-refractivity contribution in [1.29, 1.82) is 0 Å². The minimum atomic E-state index is -2.63. The first-order valence-electron chi connectivity index (χ1n) is 4.37. The van der Waals surface area contributed by atoms with Crippen molar-refractivity contribution in [1.82, 2.24) is 0 Å². The van der Waals surface area contributed by atoms with Crippen LogP contribution in [0.5, 0.6) is 0 Å². The van der Waals surface area contributed by atoms with Crippen LogP contribution in [0.2, 0.25) is 0 Å². The van der Waals surface area contributed by atoms with Gasteiger partial charge in [0.1, 0.15) is 0 Å². The summed E-state index contributed by atoms with van der Waals surface area (Å²) in [5, 5.41) is 0. The molecule has 2 atom stereocenters. The monoisotopic (exact) mass is 179 g/mol. The van der Waals surface area contributed by atoms with Crippen LogP contribution in [-0.2, 0) is 4.74 Å². The van der Waals surface area contributed by atoms with Gasteiger partial charge >= 0.3 is 6.61 Å². The lowest BCUT2D eigenvalue weighted by Crippen LogP contribution is -2.23. The predicted octanol–water partition coefficient (Wildman–Crippen LogP) is 1.74. The molecule has 1 rings (SSSR count). The van der Waals surface area contributed by atoms with E-state index in [1.165, 1.54) is 0 Å². The lowest BCUT2D eigenvalue weighted by Gasteiger charge is -2.18. The molecule has 4 heteroatoms. The number of hydrogen-bond acceptors (Lipinski definition) is 2. The molecule has 0 amide bonds. The molecule has 0 spiro atoms. The number of hydrogen-bond donors (Lipinski definition) is 1. The number of alkyl halides is 2. The zero-order valence-electron chi connectivity index (χ0n) is 7.01. The molecule has 0 aromatic heterocycles. The third-order valence-electron chi connectivity index (χ3n) is 2.40. The molecule has 1 aliphatic rings. The maximum Gasteiger partial charge on any atom is 0.345 e. The Hall–Kier alpha value is -0.220. The quantitative estimate of drug-likeness (QED) is 0.713. The Balaban J connectivity index is 2.30. The van der Waals surface area contributed by atoms with Gasteiger partial charge in [0.05, 0.1) is 6.10 Å². The highest BCUT2D eigenvalue weighted by Crippen LogP contribution is 2.31. The molecule has 0 heterocycles. The fourth-order valence-electron chi connectivity index (χ4n) is 1.86. The van der Waals surface area contributed by atoms with E-state index < -0.39 is 6.61 Å². The average Bonchev–Trinajstić information content (AvgIpc) is 2.37. The van der Waals surface area contributed by atoms with E-state index in [-0.39, 0.29) is 12.0 Å². The zero-order valence-corrected chi connectivity index (χ0v) is 7.01. The molecule has 2 N–H and O–H groups in total. The first-order chi connectivity index (χ1) is 5.74. The molecule has 0 radical (unpaired) electrons. The van der Waals surface area contributed by atoms with Crippen molar-refractivity contribution in [2.45, 2.75) is 38.4 Å². The van der Waals surface area contributed by atoms with Crippen LogP contribution in [0.15, 0.2) is 0 Å². The average molecular weight is 179 g/mol. The summed E-state index contributed by atoms with van der Waals surface area (Å²) in [6.45, 7) is -2.07. The first kappa shape index (κ1) is 9.86. The standard InChI is InChI=1S/C8H15F2NO/c9-8(10)12-7-3-1-2-6(7)4-5-11/h6-8H,1-5,11H2. The Labute approximate surface area is 71.1 Å². The van der Waals surface area contributed by atoms with Crippen LogP contribution in [0, 0.1) is 5.92 Å². The van der Waals surface area contributed by atoms with Gasteiger partial charge in [0, 0.05) is 0 Å². The molecule has 0 aliphatic heterocycles. The normalized spacial score (nSPS) is 30.0. The van der Waals surface area contributed by atoms with Crippen LogP contribution in [0.25, 0.3) is 0 Å². The predicted molar refractivity (Wildman–Crippen MR) is 41.9 cm³/mol. The third-order valence-corrected chi connectivity index (χ3v) is 2.40. The lowest BCUT2D eigenvalue weighted by molar-refractivity contribution is -0.171. The van der Waals surface area contributed by atoms with Gasteiger partial charge < -0.3 is 10.5 Å². The van der Waals surface area contributed by atoms with Crippen molar-refractivity contribution in [2.75, 3.05) is 6.54 Å². The van der Waals surface area contributed by atoms with Gasteiger partial charge in [0.2, 0.25) is 0 Å². The molecule has 0 bridgehead atoms. The van der Waals surface area contributed by atoms with E-state index >= 15 is 0 Å². The summed E-state index contributed by atoms with van der Waals surface area (Å²) < 4.78 is 28.2. The lowest BCUT2D eigenvalue weighted by atomic mass is 10.0. The van der Waals surface area contributed by atoms with Gasteiger partial charge in [-0.25, -0.2) is 0 Å². The van der Waals surface area contributed by atoms with E-state index in [0.717, 1.165) is 25.7 Å². The van der Waals surface area contributed by atoms with Gasteiger partial charge in [0.15, 0.2) is 0 Å². The van der Waals surface area contributed by atoms with E-state index in [1.807, 2.05) is 0 Å². The molecule has 12 heavy (non-hydrogen) atoms. The van der Waals surface area contributed by atoms with Gasteiger partial charge in [-0.3, -0.25) is 0 Å². The van der Waals surface area contributed by atoms with Crippen molar-refractivity contribution >= 4 is 0 Å². The summed E-state index contributed by atoms with van der Waals surface area (Å²) in [5.41, 5.74) is 5.36. The second kappa shape index (κ2) is 4.72. The molecule has 0 aromatic carbocycles. The second-order valence-electron chi connectivity index (χ2n) is 3.20. The Morgan fingerprint density at radius 1 is 1.42 bits per heavy atom. The van der Waals surface area contributed by atoms with Crippen LogP contribution < -0.4 is 5.73 Å². The molecule has 0 aromatic rings. The summed E-state index contributed by atoms with van der Waals surface area (Å²) in [6, 6.07) is 0. The Kier molecular flexibility index (Phi) is 3.88. The second-order valence-corrected chi connectivity index (χ2v) is 3.20. The Bertz CT molecular complexity index is 132. The molecular formula is C8H15F2NO. The van der Waals surface area contributed by atoms with Crippen LogP contribution in [0.1, 0.15) is 25.7 Å². The number of halogens is 2. The van der Waals surface area contributed by atoms with Crippen LogP contribution >= 0.6 is 0 Å². The molecular weight excluding hydrogens is 164 g/mol. The Morgan fingerprint density at radius 2 is 2.17 bits per heavy atom. The van der Waals surface area contributed by atoms with E-state index in [9.17, 15) is 8.78 Å². The summed E-state index contributed by atoms with van der Waals surface area (Å²) in [5.74, 6) is 0.254. The van der Waals surface area contributed by atoms with E-state index in [1.54, 1.807) is 0 Å². The van der Waals surface area contributed by atoms with Gasteiger partial charge in [-0.1, -0.05) is 6.42 Å². The maximum absolute atomic E-state index is 11.8. The minimum Gasteiger partial charge on any atom is -0.330 e. The molecule has 2 nitrogen and oxygen atoms in total. The first-order valence-corrected chi connectivity index (χ1v) is 4.37. The van der Waals surface area contributed by atoms with Crippen molar-refractivity contribution in [3.8, 4) is 0 Å².